The third-order valence-corrected chi connectivity index (χ3v) is 2.38. The van der Waals surface area contributed by atoms with E-state index in [9.17, 15) is 0 Å². The first kappa shape index (κ1) is 11.8. The molecule has 0 N–H and O–H groups in total. The maximum Gasteiger partial charge on any atom is 0.101 e. The molecule has 0 aliphatic carbocycles. The van der Waals surface area contributed by atoms with E-state index in [0.29, 0.717) is 11.3 Å². The van der Waals surface area contributed by atoms with Crippen molar-refractivity contribution in [1.29, 1.82) is 5.26 Å². The highest BCUT2D eigenvalue weighted by Crippen LogP contribution is 2.19. The van der Waals surface area contributed by atoms with Crippen molar-refractivity contribution in [3.63, 3.8) is 0 Å². The molecule has 0 aliphatic rings. The number of aliphatic imine (C=N–C) groups is 2. The molecule has 3 nitrogen and oxygen atoms in total. The minimum Gasteiger partial charge on any atom is -0.192 e. The van der Waals surface area contributed by atoms with Gasteiger partial charge in [-0.15, -0.1) is 0 Å². The number of nitrogens with zero attached hydrogens (tertiary/aromatic N) is 3. The third-order valence-electron chi connectivity index (χ3n) is 2.38. The zero-order chi connectivity index (χ0) is 12.8. The van der Waals surface area contributed by atoms with Crippen molar-refractivity contribution in [3.8, 4) is 6.07 Å². The first-order chi connectivity index (χ1) is 8.79. The van der Waals surface area contributed by atoms with E-state index in [1.807, 2.05) is 49.4 Å². The van der Waals surface area contributed by atoms with Crippen molar-refractivity contribution < 1.29 is 0 Å². The Morgan fingerprint density at radius 1 is 1.00 bits per heavy atom. The van der Waals surface area contributed by atoms with Gasteiger partial charge < -0.3 is 0 Å². The second-order valence-electron chi connectivity index (χ2n) is 3.79. The molecule has 18 heavy (non-hydrogen) atoms. The second-order valence-corrected chi connectivity index (χ2v) is 3.79. The van der Waals surface area contributed by atoms with Gasteiger partial charge in [0.05, 0.1) is 16.9 Å². The van der Waals surface area contributed by atoms with Gasteiger partial charge in [-0.3, -0.25) is 0 Å². The van der Waals surface area contributed by atoms with Gasteiger partial charge in [-0.25, -0.2) is 0 Å². The topological polar surface area (TPSA) is 48.5 Å². The Labute approximate surface area is 106 Å². The fraction of sp³-hybridized carbons (Fsp3) is 0.0667. The molecule has 0 heterocycles. The predicted octanol–water partition coefficient (Wildman–Crippen LogP) is 4.00. The van der Waals surface area contributed by atoms with E-state index in [4.69, 9.17) is 5.26 Å². The van der Waals surface area contributed by atoms with Gasteiger partial charge >= 0.3 is 0 Å². The lowest BCUT2D eigenvalue weighted by molar-refractivity contribution is 1.39. The Morgan fingerprint density at radius 3 is 2.50 bits per heavy atom. The second kappa shape index (κ2) is 5.58. The number of para-hydroxylation sites is 1. The Balaban J connectivity index is 2.32. The van der Waals surface area contributed by atoms with Crippen molar-refractivity contribution in [2.45, 2.75) is 6.92 Å². The SMILES string of the molecule is Cc1ccc(C#N)c(N=C=Nc2ccccc2)c1. The van der Waals surface area contributed by atoms with Gasteiger partial charge in [0.1, 0.15) is 12.1 Å². The number of rotatable bonds is 2. The van der Waals surface area contributed by atoms with Crippen molar-refractivity contribution in [2.75, 3.05) is 0 Å². The highest BCUT2D eigenvalue weighted by atomic mass is 14.8. The summed E-state index contributed by atoms with van der Waals surface area (Å²) in [7, 11) is 0. The smallest absolute Gasteiger partial charge is 0.101 e. The van der Waals surface area contributed by atoms with Crippen LogP contribution >= 0.6 is 0 Å². The van der Waals surface area contributed by atoms with Crippen LogP contribution in [0, 0.1) is 18.3 Å². The average molecular weight is 233 g/mol. The van der Waals surface area contributed by atoms with Gasteiger partial charge in [0.15, 0.2) is 0 Å². The monoisotopic (exact) mass is 233 g/mol. The van der Waals surface area contributed by atoms with Crippen LogP contribution in [0.25, 0.3) is 0 Å². The molecule has 0 radical (unpaired) electrons. The minimum atomic E-state index is 0.524. The van der Waals surface area contributed by atoms with Crippen LogP contribution < -0.4 is 0 Å². The van der Waals surface area contributed by atoms with Crippen LogP contribution in [-0.4, -0.2) is 6.01 Å². The molecule has 0 unspecified atom stereocenters. The summed E-state index contributed by atoms with van der Waals surface area (Å²) in [4.78, 5) is 8.17. The van der Waals surface area contributed by atoms with Gasteiger partial charge in [0.25, 0.3) is 0 Å². The molecule has 0 saturated heterocycles. The Morgan fingerprint density at radius 2 is 1.78 bits per heavy atom. The molecule has 2 rings (SSSR count). The van der Waals surface area contributed by atoms with E-state index in [1.54, 1.807) is 6.07 Å². The molecule has 3 heteroatoms. The first-order valence-electron chi connectivity index (χ1n) is 5.52. The number of nitriles is 1. The van der Waals surface area contributed by atoms with Crippen LogP contribution in [0.15, 0.2) is 58.5 Å². The van der Waals surface area contributed by atoms with E-state index < -0.39 is 0 Å². The molecule has 0 bridgehead atoms. The number of hydrogen-bond acceptors (Lipinski definition) is 3. The van der Waals surface area contributed by atoms with Crippen LogP contribution in [0.4, 0.5) is 11.4 Å². The lowest BCUT2D eigenvalue weighted by atomic mass is 10.1. The minimum absolute atomic E-state index is 0.524. The molecule has 2 aromatic carbocycles. The molecule has 2 aromatic rings. The quantitative estimate of drug-likeness (QED) is 0.723. The molecular formula is C15H11N3. The highest BCUT2D eigenvalue weighted by Gasteiger charge is 1.99. The van der Waals surface area contributed by atoms with Gasteiger partial charge in [-0.1, -0.05) is 24.3 Å². The highest BCUT2D eigenvalue weighted by molar-refractivity contribution is 5.63. The van der Waals surface area contributed by atoms with Gasteiger partial charge in [-0.05, 0) is 36.8 Å². The van der Waals surface area contributed by atoms with Crippen LogP contribution in [0.2, 0.25) is 0 Å². The van der Waals surface area contributed by atoms with E-state index in [1.165, 1.54) is 0 Å². The van der Waals surface area contributed by atoms with Crippen LogP contribution in [-0.2, 0) is 0 Å². The summed E-state index contributed by atoms with van der Waals surface area (Å²) in [5.74, 6) is 0. The molecule has 0 saturated carbocycles. The Hall–Kier alpha value is -2.69. The Bertz CT molecular complexity index is 645. The molecule has 0 aromatic heterocycles. The lowest BCUT2D eigenvalue weighted by Gasteiger charge is -1.96. The number of aryl methyl sites for hydroxylation is 1. The molecule has 0 aliphatic heterocycles. The molecule has 0 spiro atoms. The summed E-state index contributed by atoms with van der Waals surface area (Å²) in [5.41, 5.74) is 2.95. The van der Waals surface area contributed by atoms with Gasteiger partial charge in [0.2, 0.25) is 0 Å². The van der Waals surface area contributed by atoms with Crippen molar-refractivity contribution in [2.24, 2.45) is 9.98 Å². The molecular weight excluding hydrogens is 222 g/mol. The standard InChI is InChI=1S/C15H11N3/c1-12-7-8-13(10-16)15(9-12)18-11-17-14-5-3-2-4-6-14/h2-9H,1H3. The van der Waals surface area contributed by atoms with Crippen LogP contribution in [0.5, 0.6) is 0 Å². The zero-order valence-electron chi connectivity index (χ0n) is 9.96. The predicted molar refractivity (Wildman–Crippen MR) is 71.5 cm³/mol. The van der Waals surface area contributed by atoms with Crippen LogP contribution in [0.3, 0.4) is 0 Å². The number of hydrogen-bond donors (Lipinski definition) is 0. The summed E-state index contributed by atoms with van der Waals surface area (Å²) in [6.45, 7) is 1.95. The average Bonchev–Trinajstić information content (AvgIpc) is 2.40. The largest absolute Gasteiger partial charge is 0.192 e. The molecule has 0 atom stereocenters. The molecule has 0 amide bonds. The molecule has 86 valence electrons. The van der Waals surface area contributed by atoms with Crippen LogP contribution in [0.1, 0.15) is 11.1 Å². The summed E-state index contributed by atoms with van der Waals surface area (Å²) < 4.78 is 0. The van der Waals surface area contributed by atoms with Crippen molar-refractivity contribution in [1.82, 2.24) is 0 Å². The normalized spacial score (nSPS) is 9.11. The van der Waals surface area contributed by atoms with E-state index in [0.717, 1.165) is 11.3 Å². The summed E-state index contributed by atoms with van der Waals surface area (Å²) in [6, 6.07) is 19.6. The third kappa shape index (κ3) is 2.91. The fourth-order valence-electron chi connectivity index (χ4n) is 1.47. The van der Waals surface area contributed by atoms with Crippen molar-refractivity contribution in [3.05, 3.63) is 59.7 Å². The maximum absolute atomic E-state index is 8.96. The van der Waals surface area contributed by atoms with Gasteiger partial charge in [0, 0.05) is 0 Å². The van der Waals surface area contributed by atoms with Crippen molar-refractivity contribution >= 4 is 17.4 Å². The van der Waals surface area contributed by atoms with Gasteiger partial charge in [-0.2, -0.15) is 15.2 Å². The lowest BCUT2D eigenvalue weighted by Crippen LogP contribution is -1.78. The van der Waals surface area contributed by atoms with E-state index >= 15 is 0 Å². The Kier molecular flexibility index (Phi) is 3.66. The number of benzene rings is 2. The van der Waals surface area contributed by atoms with E-state index in [-0.39, 0.29) is 0 Å². The molecule has 0 fully saturated rings. The summed E-state index contributed by atoms with van der Waals surface area (Å²) >= 11 is 0. The first-order valence-corrected chi connectivity index (χ1v) is 5.52. The summed E-state index contributed by atoms with van der Waals surface area (Å²) in [5, 5.41) is 8.96. The maximum atomic E-state index is 8.96. The zero-order valence-corrected chi connectivity index (χ0v) is 9.96. The summed E-state index contributed by atoms with van der Waals surface area (Å²) in [6.07, 6.45) is 0. The fourth-order valence-corrected chi connectivity index (χ4v) is 1.47. The van der Waals surface area contributed by atoms with E-state index in [2.05, 4.69) is 22.1 Å².